The number of ether oxygens (including phenoxy) is 1. The van der Waals surface area contributed by atoms with Gasteiger partial charge in [-0.25, -0.2) is 13.8 Å². The van der Waals surface area contributed by atoms with Crippen LogP contribution in [0.5, 0.6) is 5.75 Å². The molecule has 2 aromatic rings. The maximum absolute atomic E-state index is 13.3. The molecule has 3 aliphatic rings. The van der Waals surface area contributed by atoms with Gasteiger partial charge in [-0.3, -0.25) is 9.59 Å². The van der Waals surface area contributed by atoms with Crippen LogP contribution < -0.4 is 25.2 Å². The van der Waals surface area contributed by atoms with Crippen LogP contribution in [-0.2, 0) is 4.79 Å². The quantitative estimate of drug-likeness (QED) is 0.469. The number of carbonyl (C=O) groups excluding carboxylic acids is 2. The first-order valence-electron chi connectivity index (χ1n) is 14.7. The van der Waals surface area contributed by atoms with Crippen LogP contribution in [0.1, 0.15) is 62.7 Å². The molecule has 3 heterocycles. The summed E-state index contributed by atoms with van der Waals surface area (Å²) in [5.74, 6) is 0.714. The molecular formula is C30H41F2N7O3. The Morgan fingerprint density at radius 3 is 2.55 bits per heavy atom. The van der Waals surface area contributed by atoms with E-state index in [0.717, 1.165) is 51.6 Å². The number of piperidine rings is 1. The number of alkyl halides is 2. The molecule has 1 aromatic heterocycles. The molecule has 12 heteroatoms. The topological polar surface area (TPSA) is 103 Å². The average Bonchev–Trinajstić information content (AvgIpc) is 3.48. The first-order chi connectivity index (χ1) is 20.0. The van der Waals surface area contributed by atoms with Crippen LogP contribution in [0.15, 0.2) is 24.4 Å². The SMILES string of the molecule is CN1CCC(NC(=O)c2ccc(Nc3ncc4c(n3)N(C3CCCC3)CC(C)(C)C(=O)N4C)c(OCC(F)F)c2)CC1. The van der Waals surface area contributed by atoms with Gasteiger partial charge in [-0.05, 0) is 77.9 Å². The molecule has 42 heavy (non-hydrogen) atoms. The normalized spacial score (nSPS) is 20.0. The lowest BCUT2D eigenvalue weighted by Gasteiger charge is -2.34. The van der Waals surface area contributed by atoms with Crippen molar-refractivity contribution in [1.29, 1.82) is 0 Å². The van der Waals surface area contributed by atoms with Crippen LogP contribution in [0.3, 0.4) is 0 Å². The standard InChI is InChI=1S/C30H41F2N7O3/c1-30(2)18-39(21-7-5-6-8-21)26-23(38(4)28(30)41)16-33-29(36-26)35-22-10-9-19(15-24(22)42-17-25(31)32)27(40)34-20-11-13-37(3)14-12-20/h9-10,15-16,20-21,25H,5-8,11-14,17-18H2,1-4H3,(H,34,40)(H,33,35,36). The van der Waals surface area contributed by atoms with E-state index in [1.54, 1.807) is 30.3 Å². The van der Waals surface area contributed by atoms with Crippen LogP contribution in [0.25, 0.3) is 0 Å². The number of rotatable bonds is 8. The molecule has 1 aromatic carbocycles. The Morgan fingerprint density at radius 2 is 1.86 bits per heavy atom. The molecule has 1 saturated carbocycles. The summed E-state index contributed by atoms with van der Waals surface area (Å²) in [6.07, 6.45) is 4.92. The van der Waals surface area contributed by atoms with Crippen LogP contribution in [0, 0.1) is 5.41 Å². The molecule has 1 aliphatic carbocycles. The van der Waals surface area contributed by atoms with Gasteiger partial charge in [0.2, 0.25) is 11.9 Å². The Morgan fingerprint density at radius 1 is 1.14 bits per heavy atom. The monoisotopic (exact) mass is 585 g/mol. The molecule has 0 unspecified atom stereocenters. The summed E-state index contributed by atoms with van der Waals surface area (Å²) in [6, 6.07) is 5.04. The van der Waals surface area contributed by atoms with Crippen LogP contribution in [0.4, 0.5) is 31.9 Å². The number of carbonyl (C=O) groups is 2. The number of amides is 2. The molecule has 0 radical (unpaired) electrons. The van der Waals surface area contributed by atoms with Crippen molar-refractivity contribution in [2.24, 2.45) is 5.41 Å². The number of nitrogens with one attached hydrogen (secondary N) is 2. The fourth-order valence-electron chi connectivity index (χ4n) is 6.11. The molecule has 2 fully saturated rings. The first-order valence-corrected chi connectivity index (χ1v) is 14.7. The second-order valence-corrected chi connectivity index (χ2v) is 12.3. The maximum atomic E-state index is 13.3. The molecule has 228 valence electrons. The summed E-state index contributed by atoms with van der Waals surface area (Å²) in [6.45, 7) is 5.39. The largest absolute Gasteiger partial charge is 0.485 e. The van der Waals surface area contributed by atoms with E-state index in [1.807, 2.05) is 13.8 Å². The number of likely N-dealkylation sites (tertiary alicyclic amines) is 1. The molecule has 0 atom stereocenters. The van der Waals surface area contributed by atoms with Crippen molar-refractivity contribution in [3.63, 3.8) is 0 Å². The molecule has 5 rings (SSSR count). The van der Waals surface area contributed by atoms with E-state index in [0.29, 0.717) is 29.3 Å². The summed E-state index contributed by atoms with van der Waals surface area (Å²) in [5, 5.41) is 6.17. The number of hydrogen-bond acceptors (Lipinski definition) is 8. The molecule has 2 aliphatic heterocycles. The van der Waals surface area contributed by atoms with Crippen molar-refractivity contribution in [2.75, 3.05) is 55.5 Å². The summed E-state index contributed by atoms with van der Waals surface area (Å²) >= 11 is 0. The van der Waals surface area contributed by atoms with Gasteiger partial charge in [0.1, 0.15) is 18.0 Å². The van der Waals surface area contributed by atoms with Crippen LogP contribution >= 0.6 is 0 Å². The molecule has 0 spiro atoms. The molecule has 2 amide bonds. The first kappa shape index (κ1) is 29.9. The molecule has 10 nitrogen and oxygen atoms in total. The van der Waals surface area contributed by atoms with E-state index in [4.69, 9.17) is 9.72 Å². The highest BCUT2D eigenvalue weighted by atomic mass is 19.3. The zero-order chi connectivity index (χ0) is 30.0. The Bertz CT molecular complexity index is 1290. The summed E-state index contributed by atoms with van der Waals surface area (Å²) in [4.78, 5) is 41.7. The number of nitrogens with zero attached hydrogens (tertiary/aromatic N) is 5. The van der Waals surface area contributed by atoms with Crippen LogP contribution in [-0.4, -0.2) is 85.5 Å². The predicted molar refractivity (Wildman–Crippen MR) is 158 cm³/mol. The molecule has 2 N–H and O–H groups in total. The Labute approximate surface area is 245 Å². The van der Waals surface area contributed by atoms with Gasteiger partial charge in [-0.2, -0.15) is 4.98 Å². The van der Waals surface area contributed by atoms with Gasteiger partial charge in [0.25, 0.3) is 12.3 Å². The van der Waals surface area contributed by atoms with Gasteiger partial charge in [0, 0.05) is 31.2 Å². The Balaban J connectivity index is 1.42. The number of halogens is 2. The maximum Gasteiger partial charge on any atom is 0.272 e. The number of fused-ring (bicyclic) bond motifs is 1. The third-order valence-electron chi connectivity index (χ3n) is 8.51. The number of benzene rings is 1. The number of hydrogen-bond donors (Lipinski definition) is 2. The second kappa shape index (κ2) is 12.4. The lowest BCUT2D eigenvalue weighted by molar-refractivity contribution is -0.125. The van der Waals surface area contributed by atoms with Gasteiger partial charge in [0.15, 0.2) is 5.82 Å². The lowest BCUT2D eigenvalue weighted by Crippen LogP contribution is -2.45. The van der Waals surface area contributed by atoms with Crippen molar-refractivity contribution in [2.45, 2.75) is 70.9 Å². The van der Waals surface area contributed by atoms with Gasteiger partial charge in [-0.15, -0.1) is 0 Å². The van der Waals surface area contributed by atoms with E-state index in [1.165, 1.54) is 6.07 Å². The third-order valence-corrected chi connectivity index (χ3v) is 8.51. The average molecular weight is 586 g/mol. The fraction of sp³-hybridized carbons (Fsp3) is 0.600. The second-order valence-electron chi connectivity index (χ2n) is 12.3. The highest BCUT2D eigenvalue weighted by Gasteiger charge is 2.41. The summed E-state index contributed by atoms with van der Waals surface area (Å²) < 4.78 is 31.7. The zero-order valence-electron chi connectivity index (χ0n) is 24.8. The van der Waals surface area contributed by atoms with Crippen molar-refractivity contribution in [1.82, 2.24) is 20.2 Å². The van der Waals surface area contributed by atoms with Crippen molar-refractivity contribution >= 4 is 35.0 Å². The lowest BCUT2D eigenvalue weighted by atomic mass is 9.91. The minimum absolute atomic E-state index is 0.00893. The number of aromatic nitrogens is 2. The Kier molecular flexibility index (Phi) is 8.81. The Hall–Kier alpha value is -3.54. The number of anilines is 4. The molecule has 0 bridgehead atoms. The van der Waals surface area contributed by atoms with Gasteiger partial charge in [0.05, 0.1) is 17.3 Å². The van der Waals surface area contributed by atoms with E-state index in [9.17, 15) is 18.4 Å². The van der Waals surface area contributed by atoms with Gasteiger partial charge < -0.3 is 30.1 Å². The van der Waals surface area contributed by atoms with Crippen molar-refractivity contribution in [3.05, 3.63) is 30.0 Å². The van der Waals surface area contributed by atoms with E-state index in [-0.39, 0.29) is 35.6 Å². The molecule has 1 saturated heterocycles. The van der Waals surface area contributed by atoms with Gasteiger partial charge >= 0.3 is 0 Å². The van der Waals surface area contributed by atoms with E-state index >= 15 is 0 Å². The van der Waals surface area contributed by atoms with Crippen molar-refractivity contribution in [3.8, 4) is 5.75 Å². The minimum Gasteiger partial charge on any atom is -0.485 e. The fourth-order valence-corrected chi connectivity index (χ4v) is 6.11. The molecular weight excluding hydrogens is 544 g/mol. The summed E-state index contributed by atoms with van der Waals surface area (Å²) in [7, 11) is 3.79. The van der Waals surface area contributed by atoms with Crippen LogP contribution in [0.2, 0.25) is 0 Å². The van der Waals surface area contributed by atoms with E-state index in [2.05, 4.69) is 32.5 Å². The van der Waals surface area contributed by atoms with Gasteiger partial charge in [-0.1, -0.05) is 12.8 Å². The van der Waals surface area contributed by atoms with E-state index < -0.39 is 18.4 Å². The highest BCUT2D eigenvalue weighted by molar-refractivity contribution is 6.01. The smallest absolute Gasteiger partial charge is 0.272 e. The highest BCUT2D eigenvalue weighted by Crippen LogP contribution is 2.40. The van der Waals surface area contributed by atoms with Crippen molar-refractivity contribution < 1.29 is 23.1 Å². The third kappa shape index (κ3) is 6.58. The minimum atomic E-state index is -2.69. The predicted octanol–water partition coefficient (Wildman–Crippen LogP) is 4.44. The zero-order valence-corrected chi connectivity index (χ0v) is 24.8. The summed E-state index contributed by atoms with van der Waals surface area (Å²) in [5.41, 5.74) is 0.683.